The summed E-state index contributed by atoms with van der Waals surface area (Å²) in [6.45, 7) is 3.89. The van der Waals surface area contributed by atoms with E-state index in [0.717, 1.165) is 0 Å². The summed E-state index contributed by atoms with van der Waals surface area (Å²) in [5.74, 6) is 0. The van der Waals surface area contributed by atoms with Gasteiger partial charge in [0.15, 0.2) is 0 Å². The second kappa shape index (κ2) is 3.38. The van der Waals surface area contributed by atoms with E-state index in [4.69, 9.17) is 5.64 Å². The summed E-state index contributed by atoms with van der Waals surface area (Å²) in [5.41, 5.74) is 5.08. The van der Waals surface area contributed by atoms with Gasteiger partial charge in [-0.15, -0.1) is 0 Å². The van der Waals surface area contributed by atoms with Gasteiger partial charge >= 0.3 is 46.2 Å². The van der Waals surface area contributed by atoms with Gasteiger partial charge in [-0.1, -0.05) is 0 Å². The molecule has 0 aliphatic heterocycles. The van der Waals surface area contributed by atoms with E-state index < -0.39 is 0 Å². The Morgan fingerprint density at radius 3 is 2.20 bits per heavy atom. The molecule has 5 heavy (non-hydrogen) atoms. The number of nitrogens with two attached hydrogens (primary N) is 1. The second-order valence-corrected chi connectivity index (χ2v) is 7.36. The van der Waals surface area contributed by atoms with Crippen LogP contribution in [-0.4, -0.2) is 13.4 Å². The average Bonchev–Trinajstić information content (AvgIpc) is 1.38. The summed E-state index contributed by atoms with van der Waals surface area (Å²) in [5, 5.41) is -0.251. The van der Waals surface area contributed by atoms with Crippen LogP contribution in [-0.2, 0) is 0 Å². The molecular formula is CH6BINP. The first-order chi connectivity index (χ1) is 2.27. The van der Waals surface area contributed by atoms with Crippen LogP contribution in [0.4, 0.5) is 0 Å². The Kier molecular flexibility index (Phi) is 4.18. The van der Waals surface area contributed by atoms with Crippen molar-refractivity contribution in [1.29, 1.82) is 0 Å². The molecule has 0 fully saturated rings. The molecule has 0 aliphatic rings. The molecule has 1 nitrogen and oxygen atoms in total. The molecule has 0 aromatic heterocycles. The zero-order valence-corrected chi connectivity index (χ0v) is 6.19. The van der Waals surface area contributed by atoms with Gasteiger partial charge in [0.25, 0.3) is 0 Å². The van der Waals surface area contributed by atoms with E-state index >= 15 is 0 Å². The zero-order valence-electron chi connectivity index (χ0n) is 3.03. The maximum absolute atomic E-state index is 5.08. The molecule has 0 saturated heterocycles. The molecule has 0 spiro atoms. The third kappa shape index (κ3) is 5.18. The van der Waals surface area contributed by atoms with Gasteiger partial charge in [-0.05, 0) is 0 Å². The third-order valence-electron chi connectivity index (χ3n) is 0.230. The van der Waals surface area contributed by atoms with Crippen molar-refractivity contribution in [3.63, 3.8) is 0 Å². The van der Waals surface area contributed by atoms with E-state index in [1.54, 1.807) is 6.75 Å². The van der Waals surface area contributed by atoms with Gasteiger partial charge in [0, 0.05) is 0 Å². The van der Waals surface area contributed by atoms with Crippen LogP contribution in [0, 0.1) is 0 Å². The molecule has 0 rings (SSSR count). The molecular weight excluding hydrogens is 195 g/mol. The predicted molar refractivity (Wildman–Crippen MR) is 38.2 cm³/mol. The number of hydrogen-bond acceptors (Lipinski definition) is 0. The van der Waals surface area contributed by atoms with Crippen LogP contribution in [0.3, 0.4) is 0 Å². The Balaban J connectivity index is 3.14. The van der Waals surface area contributed by atoms with Crippen LogP contribution >= 0.6 is 27.1 Å². The summed E-state index contributed by atoms with van der Waals surface area (Å²) in [4.78, 5) is 0. The molecule has 0 radical (unpaired) electrons. The van der Waals surface area contributed by atoms with Crippen LogP contribution < -0.4 is 5.64 Å². The van der Waals surface area contributed by atoms with Crippen molar-refractivity contribution in [2.24, 2.45) is 5.64 Å². The Labute approximate surface area is 46.4 Å². The molecule has 0 aliphatic carbocycles. The molecule has 0 bridgehead atoms. The van der Waals surface area contributed by atoms with Gasteiger partial charge < -0.3 is 0 Å². The summed E-state index contributed by atoms with van der Waals surface area (Å²) >= 11 is 2.33. The molecule has 0 heterocycles. The van der Waals surface area contributed by atoms with Crippen molar-refractivity contribution in [2.75, 3.05) is 6.66 Å². The monoisotopic (exact) mass is 201 g/mol. The van der Waals surface area contributed by atoms with Crippen molar-refractivity contribution in [2.45, 2.75) is 0 Å². The van der Waals surface area contributed by atoms with E-state index in [1.165, 1.54) is 0 Å². The van der Waals surface area contributed by atoms with Crippen LogP contribution in [0.1, 0.15) is 0 Å². The van der Waals surface area contributed by atoms with Crippen LogP contribution in [0.15, 0.2) is 0 Å². The summed E-state index contributed by atoms with van der Waals surface area (Å²) < 4.78 is 0. The molecule has 0 aromatic rings. The summed E-state index contributed by atoms with van der Waals surface area (Å²) in [7, 11) is 0. The van der Waals surface area contributed by atoms with Gasteiger partial charge in [0.1, 0.15) is 0 Å². The fraction of sp³-hybridized carbons (Fsp3) is 1.00. The van der Waals surface area contributed by atoms with E-state index in [9.17, 15) is 0 Å². The van der Waals surface area contributed by atoms with Gasteiger partial charge in [-0.3, -0.25) is 0 Å². The van der Waals surface area contributed by atoms with Gasteiger partial charge in [-0.25, -0.2) is 0 Å². The Morgan fingerprint density at radius 2 is 2.20 bits per heavy atom. The molecule has 0 amide bonds. The zero-order chi connectivity index (χ0) is 4.28. The SMILES string of the molecule is C[PH](I)=BN. The van der Waals surface area contributed by atoms with Crippen molar-refractivity contribution in [3.05, 3.63) is 0 Å². The van der Waals surface area contributed by atoms with Gasteiger partial charge in [0.2, 0.25) is 0 Å². The van der Waals surface area contributed by atoms with Crippen molar-refractivity contribution < 1.29 is 0 Å². The minimum absolute atomic E-state index is 0.251. The minimum atomic E-state index is -0.251. The Morgan fingerprint density at radius 1 is 2.00 bits per heavy atom. The molecule has 2 N–H and O–H groups in total. The number of hydrogen-bond donors (Lipinski definition) is 1. The summed E-state index contributed by atoms with van der Waals surface area (Å²) in [6.07, 6.45) is 0. The van der Waals surface area contributed by atoms with E-state index in [-0.39, 0.29) is 5.05 Å². The van der Waals surface area contributed by atoms with Crippen LogP contribution in [0.5, 0.6) is 0 Å². The molecule has 30 valence electrons. The fourth-order valence-electron chi connectivity index (χ4n) is 0. The first-order valence-corrected chi connectivity index (χ1v) is 6.50. The topological polar surface area (TPSA) is 26.0 Å². The molecule has 1 atom stereocenters. The number of rotatable bonds is 0. The number of halogens is 1. The molecule has 0 saturated carbocycles. The first kappa shape index (κ1) is 6.18. The van der Waals surface area contributed by atoms with Gasteiger partial charge in [-0.2, -0.15) is 0 Å². The van der Waals surface area contributed by atoms with E-state index in [1.807, 2.05) is 0 Å². The second-order valence-electron chi connectivity index (χ2n) is 0.753. The predicted octanol–water partition coefficient (Wildman–Crippen LogP) is 0.673. The van der Waals surface area contributed by atoms with Crippen LogP contribution in [0.25, 0.3) is 0 Å². The Hall–Kier alpha value is 1.18. The standard InChI is InChI=1S/CH6BINP/c1-5(3)2-4/h5H,4H2,1H3. The molecule has 0 aromatic carbocycles. The van der Waals surface area contributed by atoms with Crippen molar-refractivity contribution in [3.8, 4) is 0 Å². The average molecular weight is 201 g/mol. The Bertz CT molecular complexity index is 49.6. The fourth-order valence-corrected chi connectivity index (χ4v) is 0. The summed E-state index contributed by atoms with van der Waals surface area (Å²) in [6, 6.07) is 0. The van der Waals surface area contributed by atoms with E-state index in [0.29, 0.717) is 0 Å². The third-order valence-corrected chi connectivity index (χ3v) is 1.77. The molecule has 1 unspecified atom stereocenters. The first-order valence-electron chi connectivity index (χ1n) is 1.31. The molecule has 4 heteroatoms. The van der Waals surface area contributed by atoms with Gasteiger partial charge in [0.05, 0.1) is 0 Å². The van der Waals surface area contributed by atoms with Crippen molar-refractivity contribution >= 4 is 33.8 Å². The normalized spacial score (nSPS) is 14.2. The quantitative estimate of drug-likeness (QED) is 0.347. The van der Waals surface area contributed by atoms with Crippen molar-refractivity contribution in [1.82, 2.24) is 0 Å². The van der Waals surface area contributed by atoms with Crippen LogP contribution in [0.2, 0.25) is 0 Å². The van der Waals surface area contributed by atoms with E-state index in [2.05, 4.69) is 28.7 Å². The maximum atomic E-state index is 5.08.